The molecule has 0 saturated carbocycles. The molecule has 0 radical (unpaired) electrons. The standard InChI is InChI=1S/C48H32N2/c1-2-13-34(14-3-1)44-32-38(50-47-23-10-6-19-42(47)43-20-7-11-24-48(43)50)29-30-39(44)36-16-12-15-35(31-36)33-25-27-37(28-26-33)49-45-21-8-4-17-40(45)41-18-5-9-22-46(41)49/h1-32H. The van der Waals surface area contributed by atoms with Crippen LogP contribution >= 0.6 is 0 Å². The zero-order chi connectivity index (χ0) is 33.0. The van der Waals surface area contributed by atoms with Crippen LogP contribution in [0.2, 0.25) is 0 Å². The maximum absolute atomic E-state index is 2.40. The number of benzene rings is 8. The molecule has 10 rings (SSSR count). The number of para-hydroxylation sites is 4. The van der Waals surface area contributed by atoms with Gasteiger partial charge in [-0.3, -0.25) is 0 Å². The van der Waals surface area contributed by atoms with Crippen molar-refractivity contribution in [3.8, 4) is 44.8 Å². The summed E-state index contributed by atoms with van der Waals surface area (Å²) in [4.78, 5) is 0. The Kier molecular flexibility index (Phi) is 6.53. The molecule has 8 aromatic carbocycles. The van der Waals surface area contributed by atoms with Crippen LogP contribution < -0.4 is 0 Å². The number of nitrogens with zero attached hydrogens (tertiary/aromatic N) is 2. The summed E-state index contributed by atoms with van der Waals surface area (Å²) in [6, 6.07) is 70.4. The highest BCUT2D eigenvalue weighted by atomic mass is 15.0. The highest BCUT2D eigenvalue weighted by Crippen LogP contribution is 2.39. The molecule has 2 heterocycles. The van der Waals surface area contributed by atoms with Gasteiger partial charge in [-0.2, -0.15) is 0 Å². The third kappa shape index (κ3) is 4.50. The number of rotatable bonds is 5. The maximum atomic E-state index is 2.40. The van der Waals surface area contributed by atoms with Gasteiger partial charge >= 0.3 is 0 Å². The van der Waals surface area contributed by atoms with Crippen molar-refractivity contribution in [2.45, 2.75) is 0 Å². The molecule has 0 bridgehead atoms. The van der Waals surface area contributed by atoms with Crippen molar-refractivity contribution in [2.24, 2.45) is 0 Å². The fraction of sp³-hybridized carbons (Fsp3) is 0. The minimum atomic E-state index is 1.15. The Morgan fingerprint density at radius 1 is 0.240 bits per heavy atom. The van der Waals surface area contributed by atoms with Crippen LogP contribution in [0.4, 0.5) is 0 Å². The molecule has 0 spiro atoms. The summed E-state index contributed by atoms with van der Waals surface area (Å²) < 4.78 is 4.77. The van der Waals surface area contributed by atoms with Crippen molar-refractivity contribution in [1.29, 1.82) is 0 Å². The molecule has 2 nitrogen and oxygen atoms in total. The van der Waals surface area contributed by atoms with Crippen molar-refractivity contribution in [2.75, 3.05) is 0 Å². The lowest BCUT2D eigenvalue weighted by atomic mass is 9.92. The van der Waals surface area contributed by atoms with Gasteiger partial charge in [-0.15, -0.1) is 0 Å². The minimum Gasteiger partial charge on any atom is -0.309 e. The Bertz CT molecular complexity index is 2750. The minimum absolute atomic E-state index is 1.15. The molecule has 0 aliphatic heterocycles. The lowest BCUT2D eigenvalue weighted by molar-refractivity contribution is 1.18. The molecule has 2 aromatic heterocycles. The Hall–Kier alpha value is -6.64. The molecular weight excluding hydrogens is 605 g/mol. The van der Waals surface area contributed by atoms with Gasteiger partial charge < -0.3 is 9.13 Å². The molecule has 50 heavy (non-hydrogen) atoms. The van der Waals surface area contributed by atoms with E-state index in [1.165, 1.54) is 77.0 Å². The van der Waals surface area contributed by atoms with Crippen molar-refractivity contribution in [3.63, 3.8) is 0 Å². The lowest BCUT2D eigenvalue weighted by Gasteiger charge is -2.16. The number of aromatic nitrogens is 2. The first-order valence-electron chi connectivity index (χ1n) is 17.2. The second-order valence-electron chi connectivity index (χ2n) is 13.0. The van der Waals surface area contributed by atoms with Gasteiger partial charge in [0.1, 0.15) is 0 Å². The summed E-state index contributed by atoms with van der Waals surface area (Å²) in [7, 11) is 0. The molecule has 0 aliphatic carbocycles. The average molecular weight is 637 g/mol. The summed E-state index contributed by atoms with van der Waals surface area (Å²) in [5.74, 6) is 0. The van der Waals surface area contributed by atoms with Crippen LogP contribution in [0.25, 0.3) is 88.4 Å². The van der Waals surface area contributed by atoms with Gasteiger partial charge in [0, 0.05) is 32.9 Å². The molecule has 0 saturated heterocycles. The van der Waals surface area contributed by atoms with Gasteiger partial charge in [0.25, 0.3) is 0 Å². The summed E-state index contributed by atoms with van der Waals surface area (Å²) in [6.45, 7) is 0. The van der Waals surface area contributed by atoms with Gasteiger partial charge in [0.2, 0.25) is 0 Å². The lowest BCUT2D eigenvalue weighted by Crippen LogP contribution is -1.96. The van der Waals surface area contributed by atoms with Gasteiger partial charge in [-0.05, 0) is 88.0 Å². The smallest absolute Gasteiger partial charge is 0.0541 e. The Labute approximate surface area is 290 Å². The Morgan fingerprint density at radius 3 is 1.24 bits per heavy atom. The molecule has 2 heteroatoms. The number of hydrogen-bond donors (Lipinski definition) is 0. The molecule has 234 valence electrons. The first-order chi connectivity index (χ1) is 24.8. The van der Waals surface area contributed by atoms with Crippen molar-refractivity contribution >= 4 is 43.6 Å². The van der Waals surface area contributed by atoms with Crippen molar-refractivity contribution in [1.82, 2.24) is 9.13 Å². The summed E-state index contributed by atoms with van der Waals surface area (Å²) in [5.41, 5.74) is 14.4. The molecule has 0 N–H and O–H groups in total. The fourth-order valence-electron chi connectivity index (χ4n) is 7.85. The maximum Gasteiger partial charge on any atom is 0.0541 e. The van der Waals surface area contributed by atoms with E-state index < -0.39 is 0 Å². The van der Waals surface area contributed by atoms with E-state index in [1.54, 1.807) is 0 Å². The molecule has 0 amide bonds. The van der Waals surface area contributed by atoms with Crippen LogP contribution in [0, 0.1) is 0 Å². The van der Waals surface area contributed by atoms with Crippen LogP contribution in [0.5, 0.6) is 0 Å². The van der Waals surface area contributed by atoms with Crippen molar-refractivity contribution in [3.05, 3.63) is 194 Å². The predicted molar refractivity (Wildman–Crippen MR) is 211 cm³/mol. The first-order valence-corrected chi connectivity index (χ1v) is 17.2. The van der Waals surface area contributed by atoms with Crippen LogP contribution in [0.3, 0.4) is 0 Å². The first kappa shape index (κ1) is 28.4. The zero-order valence-electron chi connectivity index (χ0n) is 27.4. The van der Waals surface area contributed by atoms with E-state index in [2.05, 4.69) is 203 Å². The largest absolute Gasteiger partial charge is 0.309 e. The zero-order valence-corrected chi connectivity index (χ0v) is 27.4. The van der Waals surface area contributed by atoms with E-state index in [0.717, 1.165) is 11.4 Å². The predicted octanol–water partition coefficient (Wildman–Crippen LogP) is 12.9. The SMILES string of the molecule is c1ccc(-c2cc(-n3c4ccccc4c4ccccc43)ccc2-c2cccc(-c3ccc(-n4c5ccccc5c5ccccc54)cc3)c2)cc1. The molecular formula is C48H32N2. The number of fused-ring (bicyclic) bond motifs is 6. The molecule has 0 aliphatic rings. The molecule has 0 atom stereocenters. The molecule has 10 aromatic rings. The average Bonchev–Trinajstić information content (AvgIpc) is 3.71. The third-order valence-electron chi connectivity index (χ3n) is 10.1. The van der Waals surface area contributed by atoms with Gasteiger partial charge in [0.15, 0.2) is 0 Å². The third-order valence-corrected chi connectivity index (χ3v) is 10.1. The topological polar surface area (TPSA) is 9.86 Å². The summed E-state index contributed by atoms with van der Waals surface area (Å²) >= 11 is 0. The van der Waals surface area contributed by atoms with Gasteiger partial charge in [0.05, 0.1) is 22.1 Å². The van der Waals surface area contributed by atoms with Crippen molar-refractivity contribution < 1.29 is 0 Å². The van der Waals surface area contributed by atoms with Crippen LogP contribution in [0.1, 0.15) is 0 Å². The molecule has 0 unspecified atom stereocenters. The quantitative estimate of drug-likeness (QED) is 0.178. The van der Waals surface area contributed by atoms with Gasteiger partial charge in [-0.1, -0.05) is 140 Å². The Balaban J connectivity index is 1.08. The van der Waals surface area contributed by atoms with E-state index in [-0.39, 0.29) is 0 Å². The monoisotopic (exact) mass is 636 g/mol. The molecule has 0 fully saturated rings. The van der Waals surface area contributed by atoms with E-state index in [4.69, 9.17) is 0 Å². The highest BCUT2D eigenvalue weighted by Gasteiger charge is 2.16. The van der Waals surface area contributed by atoms with E-state index in [0.29, 0.717) is 0 Å². The van der Waals surface area contributed by atoms with E-state index in [9.17, 15) is 0 Å². The van der Waals surface area contributed by atoms with Gasteiger partial charge in [-0.25, -0.2) is 0 Å². The normalized spacial score (nSPS) is 11.6. The van der Waals surface area contributed by atoms with E-state index in [1.807, 2.05) is 0 Å². The highest BCUT2D eigenvalue weighted by molar-refractivity contribution is 6.10. The summed E-state index contributed by atoms with van der Waals surface area (Å²) in [6.07, 6.45) is 0. The van der Waals surface area contributed by atoms with Crippen LogP contribution in [-0.2, 0) is 0 Å². The second-order valence-corrected chi connectivity index (χ2v) is 13.0. The van der Waals surface area contributed by atoms with Crippen LogP contribution in [-0.4, -0.2) is 9.13 Å². The van der Waals surface area contributed by atoms with E-state index >= 15 is 0 Å². The second kappa shape index (κ2) is 11.5. The Morgan fingerprint density at radius 2 is 0.680 bits per heavy atom. The van der Waals surface area contributed by atoms with Crippen LogP contribution in [0.15, 0.2) is 194 Å². The number of hydrogen-bond acceptors (Lipinski definition) is 0. The fourth-order valence-corrected chi connectivity index (χ4v) is 7.85. The summed E-state index contributed by atoms with van der Waals surface area (Å²) in [5, 5.41) is 5.09.